The molecule has 1 amide bonds. The highest BCUT2D eigenvalue weighted by molar-refractivity contribution is 7.07. The van der Waals surface area contributed by atoms with Crippen molar-refractivity contribution in [1.82, 2.24) is 15.3 Å². The maximum absolute atomic E-state index is 11.8. The van der Waals surface area contributed by atoms with Gasteiger partial charge in [0, 0.05) is 17.5 Å². The quantitative estimate of drug-likeness (QED) is 0.758. The summed E-state index contributed by atoms with van der Waals surface area (Å²) in [6.07, 6.45) is 1.57. The monoisotopic (exact) mass is 350 g/mol. The molecule has 3 aromatic rings. The molecule has 0 saturated heterocycles. The maximum Gasteiger partial charge on any atom is 0.267 e. The van der Waals surface area contributed by atoms with Crippen LogP contribution in [0.2, 0.25) is 0 Å². The number of benzene rings is 1. The van der Waals surface area contributed by atoms with Crippen molar-refractivity contribution in [2.24, 2.45) is 5.73 Å². The minimum Gasteiger partial charge on any atom is -0.364 e. The Bertz CT molecular complexity index is 904. The maximum atomic E-state index is 11.8. The van der Waals surface area contributed by atoms with Gasteiger partial charge in [0.25, 0.3) is 5.91 Å². The molecule has 5 nitrogen and oxygen atoms in total. The Balaban J connectivity index is 1.64. The summed E-state index contributed by atoms with van der Waals surface area (Å²) in [5.41, 5.74) is 14.0. The van der Waals surface area contributed by atoms with Crippen LogP contribution in [0.25, 0.3) is 11.3 Å². The molecule has 4 rings (SSSR count). The van der Waals surface area contributed by atoms with E-state index in [0.29, 0.717) is 18.7 Å². The van der Waals surface area contributed by atoms with Crippen LogP contribution in [-0.4, -0.2) is 22.4 Å². The standard InChI is InChI=1S/C19H18N4OS/c20-19(24)18-15(8-14-5-6-21-9-16(14)23-18)7-12-1-3-13(4-2-12)17-10-25-11-22-17/h1-4,8,10-11,21H,5-7,9H2,(H2,20,24). The van der Waals surface area contributed by atoms with Gasteiger partial charge in [-0.2, -0.15) is 0 Å². The van der Waals surface area contributed by atoms with E-state index >= 15 is 0 Å². The summed E-state index contributed by atoms with van der Waals surface area (Å²) in [7, 11) is 0. The summed E-state index contributed by atoms with van der Waals surface area (Å²) in [5, 5.41) is 5.31. The number of pyridine rings is 1. The zero-order chi connectivity index (χ0) is 17.2. The molecule has 0 radical (unpaired) electrons. The second kappa shape index (κ2) is 6.74. The molecule has 0 aliphatic carbocycles. The van der Waals surface area contributed by atoms with Crippen molar-refractivity contribution >= 4 is 17.2 Å². The highest BCUT2D eigenvalue weighted by Crippen LogP contribution is 2.23. The van der Waals surface area contributed by atoms with Crippen LogP contribution in [0.15, 0.2) is 41.2 Å². The largest absolute Gasteiger partial charge is 0.364 e. The first-order valence-electron chi connectivity index (χ1n) is 8.20. The molecule has 1 aromatic carbocycles. The molecule has 0 unspecified atom stereocenters. The normalized spacial score (nSPS) is 13.4. The lowest BCUT2D eigenvalue weighted by Gasteiger charge is -2.19. The molecular formula is C19H18N4OS. The first-order valence-corrected chi connectivity index (χ1v) is 9.14. The zero-order valence-corrected chi connectivity index (χ0v) is 14.5. The third kappa shape index (κ3) is 3.31. The van der Waals surface area contributed by atoms with Crippen LogP contribution in [0.4, 0.5) is 0 Å². The Morgan fingerprint density at radius 2 is 2.12 bits per heavy atom. The molecule has 0 saturated carbocycles. The average molecular weight is 350 g/mol. The first-order chi connectivity index (χ1) is 12.2. The fourth-order valence-electron chi connectivity index (χ4n) is 3.16. The van der Waals surface area contributed by atoms with Gasteiger partial charge in [0.05, 0.1) is 16.9 Å². The Kier molecular flexibility index (Phi) is 4.29. The highest BCUT2D eigenvalue weighted by Gasteiger charge is 2.18. The van der Waals surface area contributed by atoms with Gasteiger partial charge in [-0.15, -0.1) is 11.3 Å². The number of nitrogens with one attached hydrogen (secondary N) is 1. The second-order valence-electron chi connectivity index (χ2n) is 6.14. The summed E-state index contributed by atoms with van der Waals surface area (Å²) in [5.74, 6) is -0.470. The summed E-state index contributed by atoms with van der Waals surface area (Å²) in [6, 6.07) is 10.4. The van der Waals surface area contributed by atoms with E-state index in [2.05, 4.69) is 45.6 Å². The Hall–Kier alpha value is -2.57. The van der Waals surface area contributed by atoms with E-state index in [1.54, 1.807) is 11.3 Å². The molecule has 126 valence electrons. The van der Waals surface area contributed by atoms with Crippen molar-refractivity contribution < 1.29 is 4.79 Å². The SMILES string of the molecule is NC(=O)c1nc2c(cc1Cc1ccc(-c3cscn3)cc1)CCNC2. The van der Waals surface area contributed by atoms with Gasteiger partial charge in [-0.1, -0.05) is 30.3 Å². The van der Waals surface area contributed by atoms with Crippen molar-refractivity contribution in [3.8, 4) is 11.3 Å². The lowest BCUT2D eigenvalue weighted by atomic mass is 9.96. The number of rotatable bonds is 4. The summed E-state index contributed by atoms with van der Waals surface area (Å²) in [6.45, 7) is 1.63. The van der Waals surface area contributed by atoms with Gasteiger partial charge in [-0.05, 0) is 36.1 Å². The van der Waals surface area contributed by atoms with Crippen LogP contribution in [0.3, 0.4) is 0 Å². The topological polar surface area (TPSA) is 80.9 Å². The highest BCUT2D eigenvalue weighted by atomic mass is 32.1. The molecule has 3 N–H and O–H groups in total. The number of aromatic nitrogens is 2. The molecule has 3 heterocycles. The number of hydrogen-bond donors (Lipinski definition) is 2. The molecule has 0 fully saturated rings. The molecule has 25 heavy (non-hydrogen) atoms. The lowest BCUT2D eigenvalue weighted by molar-refractivity contribution is 0.0994. The van der Waals surface area contributed by atoms with Crippen molar-refractivity contribution in [3.63, 3.8) is 0 Å². The molecule has 0 bridgehead atoms. The minimum atomic E-state index is -0.470. The first kappa shape index (κ1) is 15.9. The second-order valence-corrected chi connectivity index (χ2v) is 6.86. The van der Waals surface area contributed by atoms with Gasteiger partial charge < -0.3 is 11.1 Å². The fourth-order valence-corrected chi connectivity index (χ4v) is 3.72. The Morgan fingerprint density at radius 3 is 2.84 bits per heavy atom. The summed E-state index contributed by atoms with van der Waals surface area (Å²) >= 11 is 1.58. The molecule has 0 atom stereocenters. The predicted octanol–water partition coefficient (Wildman–Crippen LogP) is 2.54. The van der Waals surface area contributed by atoms with Crippen LogP contribution in [0.1, 0.15) is 32.9 Å². The Labute approximate surface area is 149 Å². The van der Waals surface area contributed by atoms with Crippen LogP contribution in [0, 0.1) is 0 Å². The van der Waals surface area contributed by atoms with Crippen LogP contribution in [-0.2, 0) is 19.4 Å². The van der Waals surface area contributed by atoms with E-state index in [1.165, 1.54) is 5.56 Å². The van der Waals surface area contributed by atoms with Gasteiger partial charge in [-0.3, -0.25) is 4.79 Å². The number of amides is 1. The summed E-state index contributed by atoms with van der Waals surface area (Å²) in [4.78, 5) is 20.7. The van der Waals surface area contributed by atoms with E-state index in [9.17, 15) is 4.79 Å². The predicted molar refractivity (Wildman–Crippen MR) is 98.5 cm³/mol. The smallest absolute Gasteiger partial charge is 0.267 e. The average Bonchev–Trinajstić information content (AvgIpc) is 3.16. The number of thiazole rings is 1. The van der Waals surface area contributed by atoms with E-state index in [-0.39, 0.29) is 0 Å². The number of nitrogens with two attached hydrogens (primary N) is 1. The number of carbonyl (C=O) groups is 1. The number of nitrogens with zero attached hydrogens (tertiary/aromatic N) is 2. The molecule has 1 aliphatic heterocycles. The zero-order valence-electron chi connectivity index (χ0n) is 13.7. The van der Waals surface area contributed by atoms with Gasteiger partial charge in [0.15, 0.2) is 0 Å². The van der Waals surface area contributed by atoms with Crippen molar-refractivity contribution in [2.75, 3.05) is 6.54 Å². The minimum absolute atomic E-state index is 0.381. The molecule has 6 heteroatoms. The van der Waals surface area contributed by atoms with E-state index < -0.39 is 5.91 Å². The molecular weight excluding hydrogens is 332 g/mol. The third-order valence-electron chi connectivity index (χ3n) is 4.44. The van der Waals surface area contributed by atoms with E-state index in [1.807, 2.05) is 10.9 Å². The van der Waals surface area contributed by atoms with Gasteiger partial charge in [-0.25, -0.2) is 9.97 Å². The number of fused-ring (bicyclic) bond motifs is 1. The lowest BCUT2D eigenvalue weighted by Crippen LogP contribution is -2.27. The third-order valence-corrected chi connectivity index (χ3v) is 5.03. The number of carbonyl (C=O) groups excluding carboxylic acids is 1. The number of hydrogen-bond acceptors (Lipinski definition) is 5. The molecule has 0 spiro atoms. The number of primary amides is 1. The van der Waals surface area contributed by atoms with Crippen molar-refractivity contribution in [1.29, 1.82) is 0 Å². The van der Waals surface area contributed by atoms with Crippen molar-refractivity contribution in [3.05, 3.63) is 69.3 Å². The van der Waals surface area contributed by atoms with Crippen LogP contribution >= 0.6 is 11.3 Å². The molecule has 1 aliphatic rings. The van der Waals surface area contributed by atoms with E-state index in [0.717, 1.165) is 41.0 Å². The van der Waals surface area contributed by atoms with E-state index in [4.69, 9.17) is 5.73 Å². The fraction of sp³-hybridized carbons (Fsp3) is 0.211. The van der Waals surface area contributed by atoms with Gasteiger partial charge in [0.1, 0.15) is 5.69 Å². The Morgan fingerprint density at radius 1 is 1.28 bits per heavy atom. The van der Waals surface area contributed by atoms with Crippen LogP contribution in [0.5, 0.6) is 0 Å². The van der Waals surface area contributed by atoms with Crippen molar-refractivity contribution in [2.45, 2.75) is 19.4 Å². The van der Waals surface area contributed by atoms with Crippen LogP contribution < -0.4 is 11.1 Å². The molecule has 2 aromatic heterocycles. The van der Waals surface area contributed by atoms with Gasteiger partial charge >= 0.3 is 0 Å². The summed E-state index contributed by atoms with van der Waals surface area (Å²) < 4.78 is 0. The van der Waals surface area contributed by atoms with Gasteiger partial charge in [0.2, 0.25) is 0 Å².